The highest BCUT2D eigenvalue weighted by molar-refractivity contribution is 6.15. The highest BCUT2D eigenvalue weighted by atomic mass is 16.6. The highest BCUT2D eigenvalue weighted by Crippen LogP contribution is 2.35. The molecule has 2 heterocycles. The lowest BCUT2D eigenvalue weighted by atomic mass is 9.93. The van der Waals surface area contributed by atoms with Gasteiger partial charge in [-0.05, 0) is 48.7 Å². The molecular formula is C20H18O4. The molecule has 4 nitrogen and oxygen atoms in total. The van der Waals surface area contributed by atoms with E-state index in [-0.39, 0.29) is 12.4 Å². The maximum atomic E-state index is 12.9. The first-order chi connectivity index (χ1) is 11.6. The standard InChI is InChI=1S/C20H18O4/c1-12-3-4-13(2)20-18(12)19(21)15(11-24-20)9-14-5-6-16-17(10-14)23-8-7-22-16/h3-6,9-10H,7-8,11H2,1-2H3/b15-9+. The van der Waals surface area contributed by atoms with Crippen LogP contribution in [0.15, 0.2) is 35.9 Å². The maximum absolute atomic E-state index is 12.9. The first-order valence-corrected chi connectivity index (χ1v) is 8.01. The average molecular weight is 322 g/mol. The minimum Gasteiger partial charge on any atom is -0.488 e. The van der Waals surface area contributed by atoms with Crippen LogP contribution in [-0.4, -0.2) is 25.6 Å². The first-order valence-electron chi connectivity index (χ1n) is 8.01. The quantitative estimate of drug-likeness (QED) is 0.750. The summed E-state index contributed by atoms with van der Waals surface area (Å²) in [4.78, 5) is 12.9. The van der Waals surface area contributed by atoms with Crippen molar-refractivity contribution in [3.63, 3.8) is 0 Å². The zero-order valence-electron chi connectivity index (χ0n) is 13.7. The lowest BCUT2D eigenvalue weighted by Gasteiger charge is -2.22. The predicted molar refractivity (Wildman–Crippen MR) is 91.2 cm³/mol. The Balaban J connectivity index is 1.71. The van der Waals surface area contributed by atoms with Crippen LogP contribution in [0.2, 0.25) is 0 Å². The second kappa shape index (κ2) is 5.71. The van der Waals surface area contributed by atoms with Crippen molar-refractivity contribution in [3.05, 3.63) is 58.2 Å². The van der Waals surface area contributed by atoms with Crippen molar-refractivity contribution in [2.24, 2.45) is 0 Å². The summed E-state index contributed by atoms with van der Waals surface area (Å²) in [5.41, 5.74) is 4.15. The molecule has 0 N–H and O–H groups in total. The number of hydrogen-bond donors (Lipinski definition) is 0. The van der Waals surface area contributed by atoms with E-state index in [0.29, 0.717) is 35.8 Å². The highest BCUT2D eigenvalue weighted by Gasteiger charge is 2.26. The molecule has 4 rings (SSSR count). The number of fused-ring (bicyclic) bond motifs is 2. The SMILES string of the molecule is Cc1ccc(C)c2c1OC/C(=C\c1ccc3c(c1)OCCO3)C2=O. The number of hydrogen-bond acceptors (Lipinski definition) is 4. The number of ether oxygens (including phenoxy) is 3. The number of ketones is 1. The van der Waals surface area contributed by atoms with Gasteiger partial charge in [-0.2, -0.15) is 0 Å². The van der Waals surface area contributed by atoms with Crippen LogP contribution in [0, 0.1) is 13.8 Å². The van der Waals surface area contributed by atoms with Crippen LogP contribution < -0.4 is 14.2 Å². The molecular weight excluding hydrogens is 304 g/mol. The molecule has 2 aromatic carbocycles. The molecule has 0 aliphatic carbocycles. The monoisotopic (exact) mass is 322 g/mol. The molecule has 0 saturated carbocycles. The minimum atomic E-state index is 0.0346. The molecule has 0 radical (unpaired) electrons. The van der Waals surface area contributed by atoms with Gasteiger partial charge in [-0.15, -0.1) is 0 Å². The van der Waals surface area contributed by atoms with E-state index in [0.717, 1.165) is 22.4 Å². The van der Waals surface area contributed by atoms with Crippen LogP contribution in [0.3, 0.4) is 0 Å². The van der Waals surface area contributed by atoms with Gasteiger partial charge in [-0.25, -0.2) is 0 Å². The lowest BCUT2D eigenvalue weighted by Crippen LogP contribution is -2.21. The molecule has 24 heavy (non-hydrogen) atoms. The average Bonchev–Trinajstić information content (AvgIpc) is 2.60. The van der Waals surface area contributed by atoms with Crippen molar-refractivity contribution in [2.45, 2.75) is 13.8 Å². The summed E-state index contributed by atoms with van der Waals surface area (Å²) >= 11 is 0. The molecule has 0 fully saturated rings. The Labute approximate surface area is 140 Å². The van der Waals surface area contributed by atoms with Gasteiger partial charge in [0.05, 0.1) is 5.56 Å². The number of carbonyl (C=O) groups is 1. The van der Waals surface area contributed by atoms with Crippen LogP contribution in [0.4, 0.5) is 0 Å². The van der Waals surface area contributed by atoms with E-state index in [1.807, 2.05) is 50.3 Å². The molecule has 0 aromatic heterocycles. The largest absolute Gasteiger partial charge is 0.488 e. The fourth-order valence-corrected chi connectivity index (χ4v) is 3.09. The van der Waals surface area contributed by atoms with Crippen molar-refractivity contribution in [1.29, 1.82) is 0 Å². The summed E-state index contributed by atoms with van der Waals surface area (Å²) < 4.78 is 17.0. The van der Waals surface area contributed by atoms with Crippen LogP contribution >= 0.6 is 0 Å². The van der Waals surface area contributed by atoms with E-state index in [2.05, 4.69) is 0 Å². The summed E-state index contributed by atoms with van der Waals surface area (Å²) in [6, 6.07) is 9.64. The Bertz CT molecular complexity index is 864. The molecule has 2 aromatic rings. The van der Waals surface area contributed by atoms with Crippen LogP contribution in [0.5, 0.6) is 17.2 Å². The maximum Gasteiger partial charge on any atom is 0.196 e. The second-order valence-electron chi connectivity index (χ2n) is 6.09. The Morgan fingerprint density at radius 3 is 2.50 bits per heavy atom. The second-order valence-corrected chi connectivity index (χ2v) is 6.09. The number of rotatable bonds is 1. The van der Waals surface area contributed by atoms with E-state index < -0.39 is 0 Å². The van der Waals surface area contributed by atoms with Gasteiger partial charge in [0, 0.05) is 5.57 Å². The molecule has 0 amide bonds. The molecule has 122 valence electrons. The van der Waals surface area contributed by atoms with Gasteiger partial charge in [0.1, 0.15) is 25.6 Å². The summed E-state index contributed by atoms with van der Waals surface area (Å²) in [5, 5.41) is 0. The first kappa shape index (κ1) is 14.8. The third-order valence-electron chi connectivity index (χ3n) is 4.36. The molecule has 0 spiro atoms. The van der Waals surface area contributed by atoms with Crippen LogP contribution in [0.25, 0.3) is 6.08 Å². The molecule has 0 saturated heterocycles. The van der Waals surface area contributed by atoms with E-state index in [1.165, 1.54) is 0 Å². The van der Waals surface area contributed by atoms with Gasteiger partial charge in [-0.3, -0.25) is 4.79 Å². The van der Waals surface area contributed by atoms with Crippen LogP contribution in [0.1, 0.15) is 27.0 Å². The predicted octanol–water partition coefficient (Wildman–Crippen LogP) is 3.73. The third-order valence-corrected chi connectivity index (χ3v) is 4.36. The van der Waals surface area contributed by atoms with Crippen LogP contribution in [-0.2, 0) is 0 Å². The summed E-state index contributed by atoms with van der Waals surface area (Å²) in [7, 11) is 0. The Hall–Kier alpha value is -2.75. The zero-order valence-corrected chi connectivity index (χ0v) is 13.7. The van der Waals surface area contributed by atoms with Gasteiger partial charge in [0.25, 0.3) is 0 Å². The van der Waals surface area contributed by atoms with E-state index in [1.54, 1.807) is 0 Å². The number of benzene rings is 2. The van der Waals surface area contributed by atoms with Crippen molar-refractivity contribution in [3.8, 4) is 17.2 Å². The molecule has 0 unspecified atom stereocenters. The molecule has 0 atom stereocenters. The Morgan fingerprint density at radius 2 is 1.67 bits per heavy atom. The summed E-state index contributed by atoms with van der Waals surface area (Å²) in [6.45, 7) is 5.29. The van der Waals surface area contributed by atoms with Gasteiger partial charge in [0.15, 0.2) is 17.3 Å². The molecule has 4 heteroatoms. The Morgan fingerprint density at radius 1 is 0.917 bits per heavy atom. The third kappa shape index (κ3) is 2.44. The lowest BCUT2D eigenvalue weighted by molar-refractivity contribution is 0.0999. The van der Waals surface area contributed by atoms with Gasteiger partial charge >= 0.3 is 0 Å². The Kier molecular flexibility index (Phi) is 3.53. The fourth-order valence-electron chi connectivity index (χ4n) is 3.09. The number of carbonyl (C=O) groups excluding carboxylic acids is 1. The van der Waals surface area contributed by atoms with E-state index >= 15 is 0 Å². The van der Waals surface area contributed by atoms with Crippen molar-refractivity contribution < 1.29 is 19.0 Å². The fraction of sp³-hybridized carbons (Fsp3) is 0.250. The van der Waals surface area contributed by atoms with Gasteiger partial charge < -0.3 is 14.2 Å². The van der Waals surface area contributed by atoms with Crippen molar-refractivity contribution in [2.75, 3.05) is 19.8 Å². The number of aryl methyl sites for hydroxylation is 2. The zero-order chi connectivity index (χ0) is 16.7. The van der Waals surface area contributed by atoms with E-state index in [4.69, 9.17) is 14.2 Å². The minimum absolute atomic E-state index is 0.0346. The normalized spacial score (nSPS) is 17.4. The van der Waals surface area contributed by atoms with Crippen molar-refractivity contribution >= 4 is 11.9 Å². The topological polar surface area (TPSA) is 44.8 Å². The molecule has 2 aliphatic rings. The molecule has 2 aliphatic heterocycles. The summed E-state index contributed by atoms with van der Waals surface area (Å²) in [6.07, 6.45) is 1.87. The van der Waals surface area contributed by atoms with Gasteiger partial charge in [0.2, 0.25) is 0 Å². The number of Topliss-reactive ketones (excluding diaryl/α,β-unsaturated/α-hetero) is 1. The smallest absolute Gasteiger partial charge is 0.196 e. The van der Waals surface area contributed by atoms with Crippen molar-refractivity contribution in [1.82, 2.24) is 0 Å². The molecule has 0 bridgehead atoms. The van der Waals surface area contributed by atoms with E-state index in [9.17, 15) is 4.79 Å². The van der Waals surface area contributed by atoms with Gasteiger partial charge in [-0.1, -0.05) is 18.2 Å². The summed E-state index contributed by atoms with van der Waals surface area (Å²) in [5.74, 6) is 2.20.